The highest BCUT2D eigenvalue weighted by molar-refractivity contribution is 5.94. The van der Waals surface area contributed by atoms with Gasteiger partial charge in [-0.15, -0.1) is 0 Å². The van der Waals surface area contributed by atoms with Crippen LogP contribution in [0.4, 0.5) is 0 Å². The van der Waals surface area contributed by atoms with E-state index in [2.05, 4.69) is 10.2 Å². The molecule has 0 spiro atoms. The lowest BCUT2D eigenvalue weighted by Gasteiger charge is -2.21. The number of aryl methyl sites for hydroxylation is 1. The molecule has 1 aliphatic carbocycles. The molecule has 0 aromatic carbocycles. The highest BCUT2D eigenvalue weighted by Crippen LogP contribution is 2.30. The van der Waals surface area contributed by atoms with E-state index in [1.54, 1.807) is 30.2 Å². The molecule has 2 heterocycles. The molecule has 1 saturated carbocycles. The number of hydrogen-bond donors (Lipinski definition) is 1. The Kier molecular flexibility index (Phi) is 3.30. The van der Waals surface area contributed by atoms with Crippen molar-refractivity contribution < 1.29 is 9.90 Å². The molecule has 0 radical (unpaired) electrons. The smallest absolute Gasteiger partial charge is 0.339 e. The monoisotopic (exact) mass is 274 g/mol. The Morgan fingerprint density at radius 2 is 2.10 bits per heavy atom. The Morgan fingerprint density at radius 1 is 1.35 bits per heavy atom. The predicted molar refractivity (Wildman–Crippen MR) is 73.5 cm³/mol. The lowest BCUT2D eigenvalue weighted by Crippen LogP contribution is -2.13. The van der Waals surface area contributed by atoms with Crippen molar-refractivity contribution in [2.45, 2.75) is 38.1 Å². The van der Waals surface area contributed by atoms with E-state index in [0.717, 1.165) is 18.5 Å². The predicted octanol–water partition coefficient (Wildman–Crippen LogP) is 2.49. The summed E-state index contributed by atoms with van der Waals surface area (Å²) in [6.07, 6.45) is 9.11. The summed E-state index contributed by atoms with van der Waals surface area (Å²) in [5, 5.41) is 18.0. The molecule has 0 atom stereocenters. The molecule has 1 aliphatic rings. The van der Waals surface area contributed by atoms with Crippen LogP contribution in [0, 0.1) is 0 Å². The zero-order chi connectivity index (χ0) is 14.1. The molecule has 6 heteroatoms. The molecular weight excluding hydrogens is 256 g/mol. The van der Waals surface area contributed by atoms with Crippen molar-refractivity contribution in [3.63, 3.8) is 0 Å². The molecule has 1 fully saturated rings. The maximum atomic E-state index is 11.4. The summed E-state index contributed by atoms with van der Waals surface area (Å²) >= 11 is 0. The summed E-state index contributed by atoms with van der Waals surface area (Å²) in [4.78, 5) is 11.4. The molecule has 0 aliphatic heterocycles. The van der Waals surface area contributed by atoms with Gasteiger partial charge in [0.15, 0.2) is 0 Å². The molecule has 3 rings (SSSR count). The third-order valence-corrected chi connectivity index (χ3v) is 3.97. The standard InChI is InChI=1S/C14H18N4O2/c1-17-12(7-8-15-17)13-11(14(19)20)9-18(16-13)10-5-3-2-4-6-10/h7-10H,2-6H2,1H3,(H,19,20). The molecule has 0 bridgehead atoms. The first kappa shape index (κ1) is 12.9. The van der Waals surface area contributed by atoms with Crippen molar-refractivity contribution in [3.05, 3.63) is 24.0 Å². The Hall–Kier alpha value is -2.11. The first-order valence-electron chi connectivity index (χ1n) is 6.97. The third kappa shape index (κ3) is 2.21. The van der Waals surface area contributed by atoms with E-state index in [0.29, 0.717) is 11.7 Å². The Balaban J connectivity index is 2.02. The maximum absolute atomic E-state index is 11.4. The maximum Gasteiger partial charge on any atom is 0.339 e. The number of aromatic carboxylic acids is 1. The number of carboxylic acid groups (broad SMARTS) is 1. The number of aromatic nitrogens is 4. The van der Waals surface area contributed by atoms with Crippen LogP contribution in [0.15, 0.2) is 18.5 Å². The van der Waals surface area contributed by atoms with E-state index in [9.17, 15) is 9.90 Å². The molecule has 2 aromatic rings. The molecule has 0 unspecified atom stereocenters. The molecule has 0 saturated heterocycles. The van der Waals surface area contributed by atoms with Crippen molar-refractivity contribution in [1.29, 1.82) is 0 Å². The van der Waals surface area contributed by atoms with E-state index in [1.165, 1.54) is 19.3 Å². The lowest BCUT2D eigenvalue weighted by molar-refractivity contribution is 0.0697. The number of hydrogen-bond acceptors (Lipinski definition) is 3. The van der Waals surface area contributed by atoms with Crippen LogP contribution in [0.5, 0.6) is 0 Å². The zero-order valence-corrected chi connectivity index (χ0v) is 11.5. The first-order valence-corrected chi connectivity index (χ1v) is 6.97. The lowest BCUT2D eigenvalue weighted by atomic mass is 9.96. The summed E-state index contributed by atoms with van der Waals surface area (Å²) in [7, 11) is 1.79. The van der Waals surface area contributed by atoms with E-state index in [1.807, 2.05) is 4.68 Å². The molecule has 20 heavy (non-hydrogen) atoms. The molecule has 6 nitrogen and oxygen atoms in total. The van der Waals surface area contributed by atoms with Gasteiger partial charge in [0.2, 0.25) is 0 Å². The van der Waals surface area contributed by atoms with Crippen molar-refractivity contribution in [1.82, 2.24) is 19.6 Å². The number of nitrogens with zero attached hydrogens (tertiary/aromatic N) is 4. The van der Waals surface area contributed by atoms with Gasteiger partial charge in [-0.25, -0.2) is 4.79 Å². The molecule has 0 amide bonds. The van der Waals surface area contributed by atoms with Gasteiger partial charge in [-0.3, -0.25) is 9.36 Å². The number of carboxylic acids is 1. The van der Waals surface area contributed by atoms with E-state index >= 15 is 0 Å². The second-order valence-corrected chi connectivity index (χ2v) is 5.31. The van der Waals surface area contributed by atoms with Gasteiger partial charge in [0.1, 0.15) is 11.3 Å². The summed E-state index contributed by atoms with van der Waals surface area (Å²) < 4.78 is 3.49. The van der Waals surface area contributed by atoms with Crippen molar-refractivity contribution in [2.24, 2.45) is 7.05 Å². The normalized spacial score (nSPS) is 16.4. The number of rotatable bonds is 3. The topological polar surface area (TPSA) is 72.9 Å². The SMILES string of the molecule is Cn1nccc1-c1nn(C2CCCCC2)cc1C(=O)O. The summed E-state index contributed by atoms with van der Waals surface area (Å²) in [5.74, 6) is -0.941. The molecule has 106 valence electrons. The second kappa shape index (κ2) is 5.11. The minimum Gasteiger partial charge on any atom is -0.478 e. The Labute approximate surface area is 117 Å². The van der Waals surface area contributed by atoms with Crippen LogP contribution >= 0.6 is 0 Å². The van der Waals surface area contributed by atoms with Crippen molar-refractivity contribution >= 4 is 5.97 Å². The van der Waals surface area contributed by atoms with Gasteiger partial charge < -0.3 is 5.11 Å². The minimum absolute atomic E-state index is 0.249. The van der Waals surface area contributed by atoms with Crippen LogP contribution < -0.4 is 0 Å². The van der Waals surface area contributed by atoms with Gasteiger partial charge in [0, 0.05) is 19.4 Å². The number of carbonyl (C=O) groups is 1. The van der Waals surface area contributed by atoms with Crippen LogP contribution in [0.25, 0.3) is 11.4 Å². The van der Waals surface area contributed by atoms with Gasteiger partial charge >= 0.3 is 5.97 Å². The van der Waals surface area contributed by atoms with E-state index in [4.69, 9.17) is 0 Å². The molecule has 1 N–H and O–H groups in total. The van der Waals surface area contributed by atoms with E-state index < -0.39 is 5.97 Å². The van der Waals surface area contributed by atoms with Gasteiger partial charge in [0.05, 0.1) is 11.7 Å². The van der Waals surface area contributed by atoms with Gasteiger partial charge in [-0.2, -0.15) is 10.2 Å². The summed E-state index contributed by atoms with van der Waals surface area (Å²) in [6.45, 7) is 0. The average molecular weight is 274 g/mol. The zero-order valence-electron chi connectivity index (χ0n) is 11.5. The fourth-order valence-electron chi connectivity index (χ4n) is 2.88. The van der Waals surface area contributed by atoms with Gasteiger partial charge in [-0.1, -0.05) is 19.3 Å². The van der Waals surface area contributed by atoms with Crippen LogP contribution in [0.1, 0.15) is 48.5 Å². The van der Waals surface area contributed by atoms with Gasteiger partial charge in [-0.05, 0) is 18.9 Å². The van der Waals surface area contributed by atoms with Gasteiger partial charge in [0.25, 0.3) is 0 Å². The Morgan fingerprint density at radius 3 is 2.70 bits per heavy atom. The third-order valence-electron chi connectivity index (χ3n) is 3.97. The highest BCUT2D eigenvalue weighted by Gasteiger charge is 2.23. The first-order chi connectivity index (χ1) is 9.66. The largest absolute Gasteiger partial charge is 0.478 e. The summed E-state index contributed by atoms with van der Waals surface area (Å²) in [6, 6.07) is 2.11. The molecular formula is C14H18N4O2. The Bertz CT molecular complexity index is 623. The van der Waals surface area contributed by atoms with Crippen LogP contribution in [0.3, 0.4) is 0 Å². The fourth-order valence-corrected chi connectivity index (χ4v) is 2.88. The van der Waals surface area contributed by atoms with Crippen LogP contribution in [-0.4, -0.2) is 30.6 Å². The van der Waals surface area contributed by atoms with Crippen molar-refractivity contribution in [2.75, 3.05) is 0 Å². The van der Waals surface area contributed by atoms with Crippen molar-refractivity contribution in [3.8, 4) is 11.4 Å². The van der Waals surface area contributed by atoms with E-state index in [-0.39, 0.29) is 5.56 Å². The second-order valence-electron chi connectivity index (χ2n) is 5.31. The fraction of sp³-hybridized carbons (Fsp3) is 0.500. The molecule has 2 aromatic heterocycles. The van der Waals surface area contributed by atoms with Crippen LogP contribution in [-0.2, 0) is 7.05 Å². The quantitative estimate of drug-likeness (QED) is 0.933. The highest BCUT2D eigenvalue weighted by atomic mass is 16.4. The van der Waals surface area contributed by atoms with Crippen LogP contribution in [0.2, 0.25) is 0 Å². The minimum atomic E-state index is -0.941. The summed E-state index contributed by atoms with van der Waals surface area (Å²) in [5.41, 5.74) is 1.49. The average Bonchev–Trinajstić information content (AvgIpc) is 3.05.